The van der Waals surface area contributed by atoms with E-state index in [4.69, 9.17) is 10.00 Å². The van der Waals surface area contributed by atoms with Gasteiger partial charge in [0.1, 0.15) is 5.41 Å². The largest absolute Gasteiger partial charge is 0.381 e. The standard InChI is InChI=1S/C10H16N2O2S/c1-15-7-4-12-9(13)10(8-11)2-5-14-6-3-10/h2-7H2,1H3,(H,12,13). The molecule has 1 heterocycles. The number of nitrogens with zero attached hydrogens (tertiary/aromatic N) is 1. The van der Waals surface area contributed by atoms with Gasteiger partial charge >= 0.3 is 0 Å². The average Bonchev–Trinajstić information content (AvgIpc) is 2.30. The maximum absolute atomic E-state index is 11.8. The van der Waals surface area contributed by atoms with E-state index in [-0.39, 0.29) is 5.91 Å². The van der Waals surface area contributed by atoms with Crippen molar-refractivity contribution in [1.82, 2.24) is 5.32 Å². The van der Waals surface area contributed by atoms with Crippen LogP contribution in [0.4, 0.5) is 0 Å². The first-order chi connectivity index (χ1) is 7.25. The zero-order valence-electron chi connectivity index (χ0n) is 8.91. The first-order valence-electron chi connectivity index (χ1n) is 5.01. The van der Waals surface area contributed by atoms with Gasteiger partial charge in [0.05, 0.1) is 6.07 Å². The van der Waals surface area contributed by atoms with E-state index >= 15 is 0 Å². The molecule has 1 saturated heterocycles. The second-order valence-corrected chi connectivity index (χ2v) is 4.54. The minimum absolute atomic E-state index is 0.137. The van der Waals surface area contributed by atoms with Crippen LogP contribution in [0.2, 0.25) is 0 Å². The van der Waals surface area contributed by atoms with Crippen molar-refractivity contribution in [3.63, 3.8) is 0 Å². The lowest BCUT2D eigenvalue weighted by molar-refractivity contribution is -0.132. The number of carbonyl (C=O) groups excluding carboxylic acids is 1. The van der Waals surface area contributed by atoms with Gasteiger partial charge in [0.2, 0.25) is 5.91 Å². The molecule has 5 heteroatoms. The van der Waals surface area contributed by atoms with E-state index in [9.17, 15) is 4.79 Å². The minimum atomic E-state index is -0.851. The number of hydrogen-bond acceptors (Lipinski definition) is 4. The Kier molecular flexibility index (Phi) is 4.92. The van der Waals surface area contributed by atoms with Crippen molar-refractivity contribution < 1.29 is 9.53 Å². The van der Waals surface area contributed by atoms with Gasteiger partial charge in [-0.15, -0.1) is 0 Å². The van der Waals surface area contributed by atoms with Crippen molar-refractivity contribution in [1.29, 1.82) is 5.26 Å². The average molecular weight is 228 g/mol. The number of ether oxygens (including phenoxy) is 1. The molecule has 1 fully saturated rings. The van der Waals surface area contributed by atoms with Crippen molar-refractivity contribution in [3.05, 3.63) is 0 Å². The molecular formula is C10H16N2O2S. The maximum atomic E-state index is 11.8. The van der Waals surface area contributed by atoms with E-state index in [1.54, 1.807) is 11.8 Å². The predicted octanol–water partition coefficient (Wildman–Crippen LogP) is 0.786. The molecule has 1 aliphatic rings. The molecule has 0 aliphatic carbocycles. The summed E-state index contributed by atoms with van der Waals surface area (Å²) in [4.78, 5) is 11.8. The third-order valence-corrected chi connectivity index (χ3v) is 3.20. The van der Waals surface area contributed by atoms with E-state index in [2.05, 4.69) is 11.4 Å². The highest BCUT2D eigenvalue weighted by Crippen LogP contribution is 2.29. The summed E-state index contributed by atoms with van der Waals surface area (Å²) in [5, 5.41) is 11.9. The SMILES string of the molecule is CSCCNC(=O)C1(C#N)CCOCC1. The molecule has 0 atom stereocenters. The summed E-state index contributed by atoms with van der Waals surface area (Å²) >= 11 is 1.67. The van der Waals surface area contributed by atoms with Crippen LogP contribution in [0.25, 0.3) is 0 Å². The highest BCUT2D eigenvalue weighted by Gasteiger charge is 2.40. The summed E-state index contributed by atoms with van der Waals surface area (Å²) in [5.41, 5.74) is -0.851. The number of amides is 1. The van der Waals surface area contributed by atoms with Gasteiger partial charge in [-0.3, -0.25) is 4.79 Å². The molecule has 0 bridgehead atoms. The molecule has 0 radical (unpaired) electrons. The van der Waals surface area contributed by atoms with Gasteiger partial charge in [-0.1, -0.05) is 0 Å². The first kappa shape index (κ1) is 12.3. The summed E-state index contributed by atoms with van der Waals surface area (Å²) in [6.07, 6.45) is 3.00. The highest BCUT2D eigenvalue weighted by molar-refractivity contribution is 7.98. The van der Waals surface area contributed by atoms with Crippen molar-refractivity contribution in [2.45, 2.75) is 12.8 Å². The third kappa shape index (κ3) is 3.11. The van der Waals surface area contributed by atoms with Gasteiger partial charge in [-0.2, -0.15) is 17.0 Å². The Balaban J connectivity index is 2.50. The summed E-state index contributed by atoms with van der Waals surface area (Å²) in [6.45, 7) is 1.64. The quantitative estimate of drug-likeness (QED) is 0.722. The highest BCUT2D eigenvalue weighted by atomic mass is 32.2. The zero-order chi connectivity index (χ0) is 11.1. The number of nitrogens with one attached hydrogen (secondary N) is 1. The van der Waals surface area contributed by atoms with E-state index in [0.29, 0.717) is 32.6 Å². The summed E-state index contributed by atoms with van der Waals surface area (Å²) in [5.74, 6) is 0.742. The van der Waals surface area contributed by atoms with Crippen LogP contribution < -0.4 is 5.32 Å². The number of hydrogen-bond donors (Lipinski definition) is 1. The molecule has 0 spiro atoms. The van der Waals surface area contributed by atoms with Gasteiger partial charge in [0, 0.05) is 25.5 Å². The molecular weight excluding hydrogens is 212 g/mol. The number of nitriles is 1. The Morgan fingerprint density at radius 3 is 2.80 bits per heavy atom. The van der Waals surface area contributed by atoms with E-state index < -0.39 is 5.41 Å². The number of carbonyl (C=O) groups is 1. The fourth-order valence-electron chi connectivity index (χ4n) is 1.55. The molecule has 0 aromatic carbocycles. The molecule has 0 unspecified atom stereocenters. The molecule has 1 aliphatic heterocycles. The van der Waals surface area contributed by atoms with Gasteiger partial charge in [0.25, 0.3) is 0 Å². The molecule has 84 valence electrons. The number of rotatable bonds is 4. The van der Waals surface area contributed by atoms with Crippen LogP contribution in [-0.4, -0.2) is 37.7 Å². The van der Waals surface area contributed by atoms with Crippen LogP contribution in [-0.2, 0) is 9.53 Å². The lowest BCUT2D eigenvalue weighted by atomic mass is 9.81. The van der Waals surface area contributed by atoms with E-state index in [1.807, 2.05) is 6.26 Å². The molecule has 0 saturated carbocycles. The Labute approximate surface area is 94.4 Å². The summed E-state index contributed by atoms with van der Waals surface area (Å²) in [7, 11) is 0. The monoisotopic (exact) mass is 228 g/mol. The van der Waals surface area contributed by atoms with Crippen LogP contribution in [0.1, 0.15) is 12.8 Å². The summed E-state index contributed by atoms with van der Waals surface area (Å²) < 4.78 is 5.17. The molecule has 1 amide bonds. The molecule has 0 aromatic heterocycles. The zero-order valence-corrected chi connectivity index (χ0v) is 9.73. The van der Waals surface area contributed by atoms with Gasteiger partial charge < -0.3 is 10.1 Å². The molecule has 0 aromatic rings. The number of thioether (sulfide) groups is 1. The third-order valence-electron chi connectivity index (χ3n) is 2.59. The fourth-order valence-corrected chi connectivity index (χ4v) is 1.85. The lowest BCUT2D eigenvalue weighted by Gasteiger charge is -2.29. The van der Waals surface area contributed by atoms with Gasteiger partial charge in [0.15, 0.2) is 0 Å². The maximum Gasteiger partial charge on any atom is 0.240 e. The molecule has 1 N–H and O–H groups in total. The molecule has 1 rings (SSSR count). The van der Waals surface area contributed by atoms with E-state index in [0.717, 1.165) is 5.75 Å². The Bertz CT molecular complexity index is 257. The van der Waals surface area contributed by atoms with Gasteiger partial charge in [-0.25, -0.2) is 0 Å². The van der Waals surface area contributed by atoms with Crippen molar-refractivity contribution in [2.24, 2.45) is 5.41 Å². The Morgan fingerprint density at radius 2 is 2.27 bits per heavy atom. The van der Waals surface area contributed by atoms with Crippen molar-refractivity contribution in [3.8, 4) is 6.07 Å². The second-order valence-electron chi connectivity index (χ2n) is 3.55. The lowest BCUT2D eigenvalue weighted by Crippen LogP contribution is -2.44. The smallest absolute Gasteiger partial charge is 0.240 e. The predicted molar refractivity (Wildman–Crippen MR) is 59.5 cm³/mol. The van der Waals surface area contributed by atoms with Crippen LogP contribution in [0.3, 0.4) is 0 Å². The van der Waals surface area contributed by atoms with Crippen LogP contribution in [0.5, 0.6) is 0 Å². The normalized spacial score (nSPS) is 19.2. The van der Waals surface area contributed by atoms with E-state index in [1.165, 1.54) is 0 Å². The second kappa shape index (κ2) is 5.99. The van der Waals surface area contributed by atoms with Crippen molar-refractivity contribution in [2.75, 3.05) is 31.8 Å². The van der Waals surface area contributed by atoms with Crippen LogP contribution in [0, 0.1) is 16.7 Å². The Hall–Kier alpha value is -0.730. The van der Waals surface area contributed by atoms with Gasteiger partial charge in [-0.05, 0) is 19.1 Å². The fraction of sp³-hybridized carbons (Fsp3) is 0.800. The first-order valence-corrected chi connectivity index (χ1v) is 6.41. The van der Waals surface area contributed by atoms with Crippen LogP contribution >= 0.6 is 11.8 Å². The molecule has 15 heavy (non-hydrogen) atoms. The minimum Gasteiger partial charge on any atom is -0.381 e. The van der Waals surface area contributed by atoms with Crippen LogP contribution in [0.15, 0.2) is 0 Å². The van der Waals surface area contributed by atoms with Crippen molar-refractivity contribution >= 4 is 17.7 Å². The Morgan fingerprint density at radius 1 is 1.60 bits per heavy atom. The molecule has 4 nitrogen and oxygen atoms in total. The topological polar surface area (TPSA) is 62.1 Å². The summed E-state index contributed by atoms with van der Waals surface area (Å²) in [6, 6.07) is 2.15.